The van der Waals surface area contributed by atoms with Crippen molar-refractivity contribution in [3.8, 4) is 0 Å². The Labute approximate surface area is 136 Å². The molecule has 0 spiro atoms. The third-order valence-corrected chi connectivity index (χ3v) is 5.34. The van der Waals surface area contributed by atoms with Crippen LogP contribution in [0.1, 0.15) is 11.1 Å². The number of rotatable bonds is 4. The molecule has 0 atom stereocenters. The van der Waals surface area contributed by atoms with E-state index < -0.39 is 10.0 Å². The summed E-state index contributed by atoms with van der Waals surface area (Å²) in [4.78, 5) is -0.0665. The average Bonchev–Trinajstić information content (AvgIpc) is 2.42. The van der Waals surface area contributed by atoms with Crippen molar-refractivity contribution in [2.75, 3.05) is 4.72 Å². The summed E-state index contributed by atoms with van der Waals surface area (Å²) in [5, 5.41) is 9.22. The predicted molar refractivity (Wildman–Crippen MR) is 87.1 cm³/mol. The number of halogens is 2. The molecule has 112 valence electrons. The second-order valence-corrected chi connectivity index (χ2v) is 7.42. The Morgan fingerprint density at radius 2 is 1.95 bits per heavy atom. The minimum atomic E-state index is -3.84. The number of anilines is 1. The van der Waals surface area contributed by atoms with Crippen molar-refractivity contribution in [2.45, 2.75) is 18.4 Å². The summed E-state index contributed by atoms with van der Waals surface area (Å²) in [6.07, 6.45) is 0. The Balaban J connectivity index is 2.43. The fraction of sp³-hybridized carbons (Fsp3) is 0.143. The van der Waals surface area contributed by atoms with Crippen LogP contribution in [0.4, 0.5) is 5.69 Å². The molecule has 0 amide bonds. The van der Waals surface area contributed by atoms with Gasteiger partial charge in [-0.3, -0.25) is 4.72 Å². The van der Waals surface area contributed by atoms with E-state index in [9.17, 15) is 8.42 Å². The number of aliphatic hydroxyl groups excluding tert-OH is 1. The van der Waals surface area contributed by atoms with Crippen molar-refractivity contribution in [2.24, 2.45) is 0 Å². The zero-order valence-corrected chi connectivity index (χ0v) is 14.3. The fourth-order valence-corrected chi connectivity index (χ4v) is 4.11. The molecule has 4 nitrogen and oxygen atoms in total. The summed E-state index contributed by atoms with van der Waals surface area (Å²) in [5.74, 6) is 0. The summed E-state index contributed by atoms with van der Waals surface area (Å²) in [7, 11) is -3.84. The molecule has 0 saturated heterocycles. The Morgan fingerprint density at radius 1 is 1.24 bits per heavy atom. The third-order valence-electron chi connectivity index (χ3n) is 2.84. The maximum Gasteiger partial charge on any atom is 0.263 e. The molecule has 0 fully saturated rings. The van der Waals surface area contributed by atoms with Crippen molar-refractivity contribution in [1.29, 1.82) is 0 Å². The van der Waals surface area contributed by atoms with E-state index >= 15 is 0 Å². The highest BCUT2D eigenvalue weighted by Crippen LogP contribution is 2.29. The molecular formula is C14H13BrClNO3S. The molecule has 0 aromatic heterocycles. The summed E-state index contributed by atoms with van der Waals surface area (Å²) in [5.41, 5.74) is 1.90. The van der Waals surface area contributed by atoms with Gasteiger partial charge < -0.3 is 5.11 Å². The highest BCUT2D eigenvalue weighted by atomic mass is 79.9. The molecule has 0 aliphatic carbocycles. The lowest BCUT2D eigenvalue weighted by atomic mass is 10.2. The molecule has 0 aliphatic heterocycles. The largest absolute Gasteiger partial charge is 0.392 e. The summed E-state index contributed by atoms with van der Waals surface area (Å²) < 4.78 is 28.0. The van der Waals surface area contributed by atoms with Gasteiger partial charge in [0, 0.05) is 4.47 Å². The van der Waals surface area contributed by atoms with Gasteiger partial charge in [0.15, 0.2) is 0 Å². The van der Waals surface area contributed by atoms with E-state index in [0.717, 1.165) is 5.56 Å². The first-order valence-corrected chi connectivity index (χ1v) is 8.67. The van der Waals surface area contributed by atoms with E-state index in [0.29, 0.717) is 15.7 Å². The van der Waals surface area contributed by atoms with Gasteiger partial charge in [0.2, 0.25) is 0 Å². The summed E-state index contributed by atoms with van der Waals surface area (Å²) in [6, 6.07) is 9.65. The van der Waals surface area contributed by atoms with E-state index in [1.165, 1.54) is 12.1 Å². The number of aryl methyl sites for hydroxylation is 1. The lowest BCUT2D eigenvalue weighted by Crippen LogP contribution is -2.14. The maximum atomic E-state index is 12.4. The summed E-state index contributed by atoms with van der Waals surface area (Å²) in [6.45, 7) is 1.65. The van der Waals surface area contributed by atoms with Gasteiger partial charge in [0.25, 0.3) is 10.0 Å². The average molecular weight is 391 g/mol. The smallest absolute Gasteiger partial charge is 0.263 e. The van der Waals surface area contributed by atoms with E-state index in [1.807, 2.05) is 13.0 Å². The molecule has 0 heterocycles. The molecular weight excluding hydrogens is 378 g/mol. The van der Waals surface area contributed by atoms with E-state index in [2.05, 4.69) is 20.7 Å². The van der Waals surface area contributed by atoms with Gasteiger partial charge in [0.1, 0.15) is 4.90 Å². The standard InChI is InChI=1S/C14H13BrClNO3S/c1-9-2-5-13(11(15)6-9)17-21(19,20)14-7-10(8-18)3-4-12(14)16/h2-7,17-18H,8H2,1H3. The zero-order valence-electron chi connectivity index (χ0n) is 11.1. The molecule has 0 saturated carbocycles. The number of aliphatic hydroxyl groups is 1. The summed E-state index contributed by atoms with van der Waals surface area (Å²) >= 11 is 9.28. The second kappa shape index (κ2) is 6.36. The molecule has 2 rings (SSSR count). The monoisotopic (exact) mass is 389 g/mol. The Kier molecular flexibility index (Phi) is 4.93. The van der Waals surface area contributed by atoms with Crippen LogP contribution in [0.5, 0.6) is 0 Å². The SMILES string of the molecule is Cc1ccc(NS(=O)(=O)c2cc(CO)ccc2Cl)c(Br)c1. The minimum absolute atomic E-state index is 0.0665. The Bertz CT molecular complexity index is 778. The molecule has 21 heavy (non-hydrogen) atoms. The van der Waals surface area contributed by atoms with E-state index in [4.69, 9.17) is 16.7 Å². The van der Waals surface area contributed by atoms with Gasteiger partial charge >= 0.3 is 0 Å². The van der Waals surface area contributed by atoms with Crippen molar-refractivity contribution < 1.29 is 13.5 Å². The number of sulfonamides is 1. The van der Waals surface area contributed by atoms with Crippen LogP contribution in [0, 0.1) is 6.92 Å². The second-order valence-electron chi connectivity index (χ2n) is 4.51. The number of hydrogen-bond donors (Lipinski definition) is 2. The number of hydrogen-bond acceptors (Lipinski definition) is 3. The molecule has 2 aromatic rings. The van der Waals surface area contributed by atoms with Gasteiger partial charge in [-0.1, -0.05) is 23.7 Å². The van der Waals surface area contributed by atoms with Crippen molar-refractivity contribution >= 4 is 43.2 Å². The van der Waals surface area contributed by atoms with Gasteiger partial charge in [-0.15, -0.1) is 0 Å². The van der Waals surface area contributed by atoms with Crippen molar-refractivity contribution in [3.63, 3.8) is 0 Å². The van der Waals surface area contributed by atoms with Gasteiger partial charge in [0.05, 0.1) is 17.3 Å². The normalized spacial score (nSPS) is 11.4. The number of benzene rings is 2. The lowest BCUT2D eigenvalue weighted by Gasteiger charge is -2.12. The highest BCUT2D eigenvalue weighted by Gasteiger charge is 2.19. The van der Waals surface area contributed by atoms with Crippen LogP contribution in [0.2, 0.25) is 5.02 Å². The molecule has 0 radical (unpaired) electrons. The topological polar surface area (TPSA) is 66.4 Å². The molecule has 0 aliphatic rings. The minimum Gasteiger partial charge on any atom is -0.392 e. The van der Waals surface area contributed by atoms with Gasteiger partial charge in [-0.05, 0) is 58.2 Å². The molecule has 0 bridgehead atoms. The number of nitrogens with one attached hydrogen (secondary N) is 1. The lowest BCUT2D eigenvalue weighted by molar-refractivity contribution is 0.281. The molecule has 2 N–H and O–H groups in total. The molecule has 0 unspecified atom stereocenters. The van der Waals surface area contributed by atoms with Gasteiger partial charge in [-0.2, -0.15) is 0 Å². The zero-order chi connectivity index (χ0) is 15.6. The molecule has 2 aromatic carbocycles. The Hall–Kier alpha value is -1.08. The van der Waals surface area contributed by atoms with E-state index in [1.54, 1.807) is 18.2 Å². The first-order valence-electron chi connectivity index (χ1n) is 6.02. The van der Waals surface area contributed by atoms with Gasteiger partial charge in [-0.25, -0.2) is 8.42 Å². The Morgan fingerprint density at radius 3 is 2.57 bits per heavy atom. The first-order chi connectivity index (χ1) is 9.83. The van der Waals surface area contributed by atoms with Crippen LogP contribution in [-0.4, -0.2) is 13.5 Å². The van der Waals surface area contributed by atoms with Crippen LogP contribution >= 0.6 is 27.5 Å². The van der Waals surface area contributed by atoms with E-state index in [-0.39, 0.29) is 16.5 Å². The van der Waals surface area contributed by atoms with Crippen LogP contribution < -0.4 is 4.72 Å². The third kappa shape index (κ3) is 3.77. The van der Waals surface area contributed by atoms with Crippen LogP contribution in [0.3, 0.4) is 0 Å². The highest BCUT2D eigenvalue weighted by molar-refractivity contribution is 9.10. The van der Waals surface area contributed by atoms with Crippen LogP contribution in [0.25, 0.3) is 0 Å². The quantitative estimate of drug-likeness (QED) is 0.836. The molecule has 7 heteroatoms. The fourth-order valence-electron chi connectivity index (χ4n) is 1.75. The van der Waals surface area contributed by atoms with Crippen LogP contribution in [0.15, 0.2) is 45.8 Å². The predicted octanol–water partition coefficient (Wildman–Crippen LogP) is 3.70. The first kappa shape index (κ1) is 16.3. The van der Waals surface area contributed by atoms with Crippen LogP contribution in [-0.2, 0) is 16.6 Å². The maximum absolute atomic E-state index is 12.4. The van der Waals surface area contributed by atoms with Crippen molar-refractivity contribution in [1.82, 2.24) is 0 Å². The van der Waals surface area contributed by atoms with Crippen molar-refractivity contribution in [3.05, 3.63) is 57.0 Å².